The van der Waals surface area contributed by atoms with Gasteiger partial charge in [-0.05, 0) is 48.7 Å². The van der Waals surface area contributed by atoms with Gasteiger partial charge in [0.05, 0.1) is 7.11 Å². The maximum Gasteiger partial charge on any atom is 0.341 e. The van der Waals surface area contributed by atoms with Gasteiger partial charge in [0, 0.05) is 26.9 Å². The highest BCUT2D eigenvalue weighted by atomic mass is 35.5. The van der Waals surface area contributed by atoms with Crippen molar-refractivity contribution in [2.75, 3.05) is 12.4 Å². The Morgan fingerprint density at radius 2 is 1.76 bits per heavy atom. The summed E-state index contributed by atoms with van der Waals surface area (Å²) in [7, 11) is 1.32. The number of halogens is 2. The molecule has 0 saturated carbocycles. The van der Waals surface area contributed by atoms with Gasteiger partial charge in [-0.3, -0.25) is 4.79 Å². The number of aryl methyl sites for hydroxylation is 2. The Morgan fingerprint density at radius 3 is 2.41 bits per heavy atom. The highest BCUT2D eigenvalue weighted by Gasteiger charge is 2.25. The van der Waals surface area contributed by atoms with E-state index >= 15 is 0 Å². The number of hydrogen-bond acceptors (Lipinski definition) is 4. The Balaban J connectivity index is 1.86. The van der Waals surface area contributed by atoms with Crippen LogP contribution in [0, 0.1) is 6.92 Å². The average Bonchev–Trinajstić information content (AvgIpc) is 3.01. The van der Waals surface area contributed by atoms with Crippen molar-refractivity contribution in [2.45, 2.75) is 19.8 Å². The molecule has 7 heteroatoms. The van der Waals surface area contributed by atoms with E-state index in [4.69, 9.17) is 27.9 Å². The summed E-state index contributed by atoms with van der Waals surface area (Å²) >= 11 is 13.5. The topological polar surface area (TPSA) is 55.4 Å². The van der Waals surface area contributed by atoms with Gasteiger partial charge >= 0.3 is 5.97 Å². The summed E-state index contributed by atoms with van der Waals surface area (Å²) < 4.78 is 4.98. The number of esters is 1. The lowest BCUT2D eigenvalue weighted by atomic mass is 10.0. The molecule has 3 aromatic rings. The van der Waals surface area contributed by atoms with Gasteiger partial charge in [0.1, 0.15) is 10.6 Å². The first-order chi connectivity index (χ1) is 13.9. The third-order valence-electron chi connectivity index (χ3n) is 4.37. The Morgan fingerprint density at radius 1 is 1.07 bits per heavy atom. The molecule has 1 N–H and O–H groups in total. The van der Waals surface area contributed by atoms with Crippen LogP contribution < -0.4 is 5.32 Å². The number of amides is 1. The Kier molecular flexibility index (Phi) is 6.96. The number of nitrogens with one attached hydrogen (secondary N) is 1. The fourth-order valence-electron chi connectivity index (χ4n) is 3.06. The summed E-state index contributed by atoms with van der Waals surface area (Å²) in [4.78, 5) is 25.9. The quantitative estimate of drug-likeness (QED) is 0.445. The van der Waals surface area contributed by atoms with Crippen LogP contribution in [0.1, 0.15) is 27.2 Å². The number of anilines is 1. The fourth-order valence-corrected chi connectivity index (χ4v) is 4.54. The first-order valence-corrected chi connectivity index (χ1v) is 10.5. The fraction of sp³-hybridized carbons (Fsp3) is 0.182. The van der Waals surface area contributed by atoms with E-state index in [1.165, 1.54) is 18.4 Å². The van der Waals surface area contributed by atoms with Crippen molar-refractivity contribution < 1.29 is 14.3 Å². The molecule has 0 aliphatic carbocycles. The van der Waals surface area contributed by atoms with Gasteiger partial charge in [-0.1, -0.05) is 47.5 Å². The van der Waals surface area contributed by atoms with E-state index in [0.29, 0.717) is 27.0 Å². The van der Waals surface area contributed by atoms with Gasteiger partial charge in [0.15, 0.2) is 0 Å². The molecule has 1 aromatic heterocycles. The van der Waals surface area contributed by atoms with Crippen LogP contribution in [-0.4, -0.2) is 19.0 Å². The first-order valence-electron chi connectivity index (χ1n) is 8.91. The molecular formula is C22H19Cl2NO3S. The molecule has 0 saturated heterocycles. The zero-order valence-electron chi connectivity index (χ0n) is 15.9. The van der Waals surface area contributed by atoms with Crippen LogP contribution in [-0.2, 0) is 16.0 Å². The van der Waals surface area contributed by atoms with Crippen molar-refractivity contribution in [1.82, 2.24) is 0 Å². The molecule has 2 aromatic carbocycles. The van der Waals surface area contributed by atoms with Crippen LogP contribution in [0.25, 0.3) is 11.1 Å². The van der Waals surface area contributed by atoms with Gasteiger partial charge in [-0.15, -0.1) is 11.3 Å². The van der Waals surface area contributed by atoms with Crippen molar-refractivity contribution >= 4 is 51.4 Å². The predicted octanol–water partition coefficient (Wildman–Crippen LogP) is 6.39. The van der Waals surface area contributed by atoms with E-state index < -0.39 is 5.97 Å². The number of carbonyl (C=O) groups is 2. The summed E-state index contributed by atoms with van der Waals surface area (Å²) in [5.41, 5.74) is 2.83. The van der Waals surface area contributed by atoms with Crippen LogP contribution in [0.5, 0.6) is 0 Å². The molecule has 1 heterocycles. The largest absolute Gasteiger partial charge is 0.465 e. The zero-order chi connectivity index (χ0) is 21.0. The monoisotopic (exact) mass is 447 g/mol. The number of benzene rings is 2. The van der Waals surface area contributed by atoms with E-state index in [2.05, 4.69) is 5.32 Å². The highest BCUT2D eigenvalue weighted by molar-refractivity contribution is 7.17. The summed E-state index contributed by atoms with van der Waals surface area (Å²) in [6.07, 6.45) is 0.815. The minimum absolute atomic E-state index is 0.186. The molecule has 0 aliphatic heterocycles. The van der Waals surface area contributed by atoms with Crippen LogP contribution >= 0.6 is 34.5 Å². The van der Waals surface area contributed by atoms with Gasteiger partial charge in [-0.25, -0.2) is 4.79 Å². The SMILES string of the molecule is COC(=O)c1c(NC(=O)CCc2cccc(Cl)c2)sc(C)c1-c1cccc(Cl)c1. The van der Waals surface area contributed by atoms with Gasteiger partial charge < -0.3 is 10.1 Å². The second kappa shape index (κ2) is 9.44. The number of hydrogen-bond donors (Lipinski definition) is 1. The second-order valence-electron chi connectivity index (χ2n) is 6.42. The van der Waals surface area contributed by atoms with E-state index in [1.54, 1.807) is 18.2 Å². The molecule has 3 rings (SSSR count). The van der Waals surface area contributed by atoms with Crippen LogP contribution in [0.15, 0.2) is 48.5 Å². The third kappa shape index (κ3) is 5.18. The molecule has 0 atom stereocenters. The third-order valence-corrected chi connectivity index (χ3v) is 5.86. The molecule has 150 valence electrons. The van der Waals surface area contributed by atoms with Crippen molar-refractivity contribution in [3.8, 4) is 11.1 Å². The first kappa shape index (κ1) is 21.4. The van der Waals surface area contributed by atoms with E-state index in [0.717, 1.165) is 21.6 Å². The molecule has 29 heavy (non-hydrogen) atoms. The summed E-state index contributed by atoms with van der Waals surface area (Å²) in [6, 6.07) is 14.6. The van der Waals surface area contributed by atoms with Gasteiger partial charge in [-0.2, -0.15) is 0 Å². The summed E-state index contributed by atoms with van der Waals surface area (Å²) in [5.74, 6) is -0.691. The van der Waals surface area contributed by atoms with Crippen molar-refractivity contribution in [3.05, 3.63) is 74.6 Å². The Bertz CT molecular complexity index is 1060. The minimum Gasteiger partial charge on any atom is -0.465 e. The molecule has 0 fully saturated rings. The highest BCUT2D eigenvalue weighted by Crippen LogP contribution is 2.41. The smallest absolute Gasteiger partial charge is 0.341 e. The van der Waals surface area contributed by atoms with E-state index in [1.807, 2.05) is 37.3 Å². The summed E-state index contributed by atoms with van der Waals surface area (Å²) in [5, 5.41) is 4.54. The number of carbonyl (C=O) groups excluding carboxylic acids is 2. The molecule has 0 radical (unpaired) electrons. The Hall–Kier alpha value is -2.34. The van der Waals surface area contributed by atoms with E-state index in [-0.39, 0.29) is 12.3 Å². The molecule has 1 amide bonds. The lowest BCUT2D eigenvalue weighted by Gasteiger charge is -2.09. The summed E-state index contributed by atoms with van der Waals surface area (Å²) in [6.45, 7) is 1.90. The molecular weight excluding hydrogens is 429 g/mol. The molecule has 0 unspecified atom stereocenters. The number of rotatable bonds is 6. The van der Waals surface area contributed by atoms with E-state index in [9.17, 15) is 9.59 Å². The Labute approximate surface area is 183 Å². The second-order valence-corrected chi connectivity index (χ2v) is 8.52. The van der Waals surface area contributed by atoms with Crippen LogP contribution in [0.3, 0.4) is 0 Å². The van der Waals surface area contributed by atoms with Crippen molar-refractivity contribution in [1.29, 1.82) is 0 Å². The number of methoxy groups -OCH3 is 1. The zero-order valence-corrected chi connectivity index (χ0v) is 18.3. The maximum absolute atomic E-state index is 12.5. The molecule has 0 spiro atoms. The van der Waals surface area contributed by atoms with Crippen molar-refractivity contribution in [2.24, 2.45) is 0 Å². The molecule has 0 aliphatic rings. The molecule has 0 bridgehead atoms. The number of thiophene rings is 1. The van der Waals surface area contributed by atoms with Gasteiger partial charge in [0.25, 0.3) is 0 Å². The van der Waals surface area contributed by atoms with Gasteiger partial charge in [0.2, 0.25) is 5.91 Å². The number of ether oxygens (including phenoxy) is 1. The van der Waals surface area contributed by atoms with Crippen LogP contribution in [0.4, 0.5) is 5.00 Å². The van der Waals surface area contributed by atoms with Crippen molar-refractivity contribution in [3.63, 3.8) is 0 Å². The van der Waals surface area contributed by atoms with Crippen LogP contribution in [0.2, 0.25) is 10.0 Å². The lowest BCUT2D eigenvalue weighted by Crippen LogP contribution is -2.14. The molecule has 4 nitrogen and oxygen atoms in total. The minimum atomic E-state index is -0.505. The standard InChI is InChI=1S/C22H19Cl2NO3S/c1-13-19(15-6-4-8-17(24)12-15)20(22(27)28-2)21(29-13)25-18(26)10-9-14-5-3-7-16(23)11-14/h3-8,11-12H,9-10H2,1-2H3,(H,25,26). The normalized spacial score (nSPS) is 10.6. The average molecular weight is 448 g/mol. The predicted molar refractivity (Wildman–Crippen MR) is 119 cm³/mol. The lowest BCUT2D eigenvalue weighted by molar-refractivity contribution is -0.116. The maximum atomic E-state index is 12.5.